The van der Waals surface area contributed by atoms with Crippen molar-refractivity contribution in [2.45, 2.75) is 161 Å². The molecule has 0 rings (SSSR count). The van der Waals surface area contributed by atoms with Gasteiger partial charge in [0.1, 0.15) is 0 Å². The van der Waals surface area contributed by atoms with E-state index in [4.69, 9.17) is 0 Å². The van der Waals surface area contributed by atoms with E-state index in [2.05, 4.69) is 44.7 Å². The van der Waals surface area contributed by atoms with Crippen LogP contribution in [-0.2, 0) is 0 Å². The van der Waals surface area contributed by atoms with E-state index in [9.17, 15) is 0 Å². The van der Waals surface area contributed by atoms with Gasteiger partial charge < -0.3 is 4.90 Å². The van der Waals surface area contributed by atoms with Crippen LogP contribution in [0.4, 0.5) is 0 Å². The minimum atomic E-state index is 0.800. The molecular weight excluding hydrogens is 362 g/mol. The quantitative estimate of drug-likeness (QED) is 0.125. The maximum absolute atomic E-state index is 3.40. The molecular formula is C29H57N. The second kappa shape index (κ2) is 24.8. The Morgan fingerprint density at radius 3 is 1.17 bits per heavy atom. The molecule has 0 saturated heterocycles. The Balaban J connectivity index is 3.47. The molecule has 30 heavy (non-hydrogen) atoms. The van der Waals surface area contributed by atoms with Gasteiger partial charge in [-0.1, -0.05) is 117 Å². The minimum Gasteiger partial charge on any atom is -0.306 e. The maximum atomic E-state index is 3.40. The molecule has 1 unspecified atom stereocenters. The third-order valence-corrected chi connectivity index (χ3v) is 6.49. The third kappa shape index (κ3) is 22.2. The fraction of sp³-hybridized carbons (Fsp3) is 0.931. The molecule has 178 valence electrons. The lowest BCUT2D eigenvalue weighted by atomic mass is 9.99. The van der Waals surface area contributed by atoms with Gasteiger partial charge in [-0.3, -0.25) is 0 Å². The molecule has 0 aliphatic rings. The molecule has 0 radical (unpaired) electrons. The van der Waals surface area contributed by atoms with Crippen LogP contribution in [0, 0.1) is 11.8 Å². The van der Waals surface area contributed by atoms with Crippen molar-refractivity contribution >= 4 is 0 Å². The first-order valence-corrected chi connectivity index (χ1v) is 13.8. The van der Waals surface area contributed by atoms with E-state index in [0.717, 1.165) is 18.9 Å². The molecule has 0 spiro atoms. The van der Waals surface area contributed by atoms with Crippen LogP contribution in [0.5, 0.6) is 0 Å². The summed E-state index contributed by atoms with van der Waals surface area (Å²) >= 11 is 0. The van der Waals surface area contributed by atoms with Crippen LogP contribution in [0.3, 0.4) is 0 Å². The Morgan fingerprint density at radius 1 is 0.467 bits per heavy atom. The Hall–Kier alpha value is -0.480. The van der Waals surface area contributed by atoms with Crippen molar-refractivity contribution in [1.82, 2.24) is 4.90 Å². The van der Waals surface area contributed by atoms with Crippen LogP contribution in [0.2, 0.25) is 0 Å². The van der Waals surface area contributed by atoms with E-state index < -0.39 is 0 Å². The molecule has 0 bridgehead atoms. The molecule has 0 aromatic heterocycles. The van der Waals surface area contributed by atoms with Crippen molar-refractivity contribution in [3.05, 3.63) is 0 Å². The average molecular weight is 420 g/mol. The number of nitrogens with zero attached hydrogens (tertiary/aromatic N) is 1. The van der Waals surface area contributed by atoms with Crippen LogP contribution in [0.1, 0.15) is 155 Å². The molecule has 1 nitrogen and oxygen atoms in total. The Morgan fingerprint density at radius 2 is 0.800 bits per heavy atom. The van der Waals surface area contributed by atoms with Gasteiger partial charge in [0.2, 0.25) is 0 Å². The molecule has 0 heterocycles. The highest BCUT2D eigenvalue weighted by Gasteiger charge is 2.10. The number of hydrogen-bond donors (Lipinski definition) is 0. The van der Waals surface area contributed by atoms with Crippen molar-refractivity contribution in [3.8, 4) is 11.8 Å². The second-order valence-electron chi connectivity index (χ2n) is 9.71. The third-order valence-electron chi connectivity index (χ3n) is 6.49. The highest BCUT2D eigenvalue weighted by molar-refractivity contribution is 4.98. The molecule has 0 aliphatic heterocycles. The summed E-state index contributed by atoms with van der Waals surface area (Å²) in [6.07, 6.45) is 30.1. The monoisotopic (exact) mass is 419 g/mol. The van der Waals surface area contributed by atoms with Crippen LogP contribution in [-0.4, -0.2) is 25.0 Å². The van der Waals surface area contributed by atoms with Gasteiger partial charge in [0, 0.05) is 18.9 Å². The fourth-order valence-electron chi connectivity index (χ4n) is 4.29. The minimum absolute atomic E-state index is 0.800. The van der Waals surface area contributed by atoms with Gasteiger partial charge in [-0.05, 0) is 39.8 Å². The molecule has 0 aromatic carbocycles. The first kappa shape index (κ1) is 29.5. The Kier molecular flexibility index (Phi) is 24.4. The molecule has 1 atom stereocenters. The summed E-state index contributed by atoms with van der Waals surface area (Å²) in [5, 5.41) is 0. The zero-order valence-corrected chi connectivity index (χ0v) is 21.6. The molecule has 0 saturated carbocycles. The average Bonchev–Trinajstić information content (AvgIpc) is 2.74. The summed E-state index contributed by atoms with van der Waals surface area (Å²) in [6, 6.07) is 0.800. The predicted molar refractivity (Wildman–Crippen MR) is 138 cm³/mol. The molecule has 0 aromatic rings. The predicted octanol–water partition coefficient (Wildman–Crippen LogP) is 9.54. The van der Waals surface area contributed by atoms with Crippen molar-refractivity contribution in [3.63, 3.8) is 0 Å². The highest BCUT2D eigenvalue weighted by Crippen LogP contribution is 2.17. The van der Waals surface area contributed by atoms with Crippen molar-refractivity contribution in [2.75, 3.05) is 14.1 Å². The van der Waals surface area contributed by atoms with E-state index in [0.29, 0.717) is 0 Å². The molecule has 0 fully saturated rings. The standard InChI is InChI=1S/C29H57N/c1-5-7-9-11-13-14-15-16-17-18-19-20-22-24-26-28-29(30(3)4)27-25-23-21-12-10-8-6-2/h29H,5-15,18-28H2,1-4H3. The number of rotatable bonds is 22. The summed E-state index contributed by atoms with van der Waals surface area (Å²) in [4.78, 5) is 2.47. The van der Waals surface area contributed by atoms with E-state index >= 15 is 0 Å². The topological polar surface area (TPSA) is 3.24 Å². The van der Waals surface area contributed by atoms with Gasteiger partial charge in [0.15, 0.2) is 0 Å². The van der Waals surface area contributed by atoms with Crippen LogP contribution < -0.4 is 0 Å². The molecule has 0 amide bonds. The van der Waals surface area contributed by atoms with Gasteiger partial charge in [-0.15, -0.1) is 11.8 Å². The van der Waals surface area contributed by atoms with Crippen molar-refractivity contribution in [2.24, 2.45) is 0 Å². The Bertz CT molecular complexity index is 376. The van der Waals surface area contributed by atoms with E-state index in [1.54, 1.807) is 0 Å². The second-order valence-corrected chi connectivity index (χ2v) is 9.71. The van der Waals surface area contributed by atoms with E-state index in [1.165, 1.54) is 128 Å². The molecule has 0 N–H and O–H groups in total. The van der Waals surface area contributed by atoms with Crippen molar-refractivity contribution in [1.29, 1.82) is 0 Å². The molecule has 1 heteroatoms. The SMILES string of the molecule is CCCCCCCCC#CCCCCCCCC(CCCCCCCCC)N(C)C. The maximum Gasteiger partial charge on any atom is 0.00891 e. The van der Waals surface area contributed by atoms with Crippen LogP contribution in [0.25, 0.3) is 0 Å². The normalized spacial score (nSPS) is 12.2. The van der Waals surface area contributed by atoms with Crippen LogP contribution in [0.15, 0.2) is 0 Å². The van der Waals surface area contributed by atoms with Gasteiger partial charge in [0.05, 0.1) is 0 Å². The first-order chi connectivity index (χ1) is 14.7. The summed E-state index contributed by atoms with van der Waals surface area (Å²) in [5.41, 5.74) is 0. The lowest BCUT2D eigenvalue weighted by Gasteiger charge is -2.24. The van der Waals surface area contributed by atoms with Gasteiger partial charge in [-0.2, -0.15) is 0 Å². The summed E-state index contributed by atoms with van der Waals surface area (Å²) < 4.78 is 0. The van der Waals surface area contributed by atoms with E-state index in [1.807, 2.05) is 0 Å². The number of unbranched alkanes of at least 4 members (excludes halogenated alkanes) is 17. The summed E-state index contributed by atoms with van der Waals surface area (Å²) in [5.74, 6) is 6.79. The smallest absolute Gasteiger partial charge is 0.00891 e. The van der Waals surface area contributed by atoms with Gasteiger partial charge in [0.25, 0.3) is 0 Å². The Labute approximate surface area is 192 Å². The van der Waals surface area contributed by atoms with Gasteiger partial charge >= 0.3 is 0 Å². The lowest BCUT2D eigenvalue weighted by molar-refractivity contribution is 0.251. The zero-order chi connectivity index (χ0) is 22.1. The largest absolute Gasteiger partial charge is 0.306 e. The summed E-state index contributed by atoms with van der Waals surface area (Å²) in [7, 11) is 4.55. The van der Waals surface area contributed by atoms with Crippen molar-refractivity contribution < 1.29 is 0 Å². The van der Waals surface area contributed by atoms with Crippen LogP contribution >= 0.6 is 0 Å². The molecule has 0 aliphatic carbocycles. The number of hydrogen-bond acceptors (Lipinski definition) is 1. The lowest BCUT2D eigenvalue weighted by Crippen LogP contribution is -2.27. The highest BCUT2D eigenvalue weighted by atomic mass is 15.1. The van der Waals surface area contributed by atoms with Gasteiger partial charge in [-0.25, -0.2) is 0 Å². The fourth-order valence-corrected chi connectivity index (χ4v) is 4.29. The first-order valence-electron chi connectivity index (χ1n) is 13.8. The van der Waals surface area contributed by atoms with E-state index in [-0.39, 0.29) is 0 Å². The zero-order valence-electron chi connectivity index (χ0n) is 21.6. The summed E-state index contributed by atoms with van der Waals surface area (Å²) in [6.45, 7) is 4.58.